The number of hydrogen-bond acceptors (Lipinski definition) is 8. The molecule has 0 saturated heterocycles. The Morgan fingerprint density at radius 1 is 1.30 bits per heavy atom. The summed E-state index contributed by atoms with van der Waals surface area (Å²) in [4.78, 5) is 32.5. The van der Waals surface area contributed by atoms with Crippen LogP contribution in [0.25, 0.3) is 21.3 Å². The number of rotatable bonds is 6. The minimum absolute atomic E-state index is 0.136. The van der Waals surface area contributed by atoms with Crippen molar-refractivity contribution in [3.63, 3.8) is 0 Å². The number of ether oxygens (including phenoxy) is 3. The maximum absolute atomic E-state index is 12.6. The molecule has 0 amide bonds. The third-order valence-electron chi connectivity index (χ3n) is 4.28. The monoisotopic (exact) mass is 450 g/mol. The predicted molar refractivity (Wildman–Crippen MR) is 116 cm³/mol. The van der Waals surface area contributed by atoms with Crippen LogP contribution in [0.2, 0.25) is 0 Å². The van der Waals surface area contributed by atoms with Gasteiger partial charge in [-0.3, -0.25) is 4.79 Å². The van der Waals surface area contributed by atoms with Gasteiger partial charge in [0.25, 0.3) is 5.56 Å². The zero-order chi connectivity index (χ0) is 22.0. The largest absolute Gasteiger partial charge is 0.502 e. The third-order valence-corrected chi connectivity index (χ3v) is 5.74. The van der Waals surface area contributed by atoms with E-state index in [1.807, 2.05) is 0 Å². The summed E-state index contributed by atoms with van der Waals surface area (Å²) in [5, 5.41) is 10.5. The van der Waals surface area contributed by atoms with Crippen molar-refractivity contribution in [2.24, 2.45) is 0 Å². The Hall–Kier alpha value is -3.04. The molecule has 1 aromatic carbocycles. The van der Waals surface area contributed by atoms with Gasteiger partial charge in [-0.15, -0.1) is 11.3 Å². The van der Waals surface area contributed by atoms with Crippen LogP contribution in [0, 0.1) is 6.92 Å². The number of hydrogen-bond donors (Lipinski definition) is 2. The number of thiophene rings is 1. The number of aryl methyl sites for hydroxylation is 1. The van der Waals surface area contributed by atoms with E-state index in [4.69, 9.17) is 25.8 Å². The van der Waals surface area contributed by atoms with Crippen LogP contribution < -0.4 is 15.0 Å². The number of esters is 1. The van der Waals surface area contributed by atoms with Crippen LogP contribution in [-0.4, -0.2) is 41.9 Å². The van der Waals surface area contributed by atoms with Crippen LogP contribution in [0.5, 0.6) is 17.2 Å². The lowest BCUT2D eigenvalue weighted by molar-refractivity contribution is 0.0531. The Kier molecular flexibility index (Phi) is 6.33. The summed E-state index contributed by atoms with van der Waals surface area (Å²) in [5.74, 6) is -0.0904. The van der Waals surface area contributed by atoms with E-state index < -0.39 is 11.5 Å². The van der Waals surface area contributed by atoms with Gasteiger partial charge in [0.1, 0.15) is 9.71 Å². The minimum atomic E-state index is -0.496. The van der Waals surface area contributed by atoms with Crippen molar-refractivity contribution >= 4 is 50.2 Å². The molecule has 0 bridgehead atoms. The predicted octanol–water partition coefficient (Wildman–Crippen LogP) is 3.93. The number of halogens is 1. The number of carbonyl (C=O) groups excluding carboxylic acids is 1. The number of benzene rings is 1. The number of carbonyl (C=O) groups is 1. The summed E-state index contributed by atoms with van der Waals surface area (Å²) in [6, 6.07) is 3.12. The van der Waals surface area contributed by atoms with Gasteiger partial charge in [0.05, 0.1) is 31.2 Å². The first-order chi connectivity index (χ1) is 14.3. The van der Waals surface area contributed by atoms with Crippen molar-refractivity contribution in [3.05, 3.63) is 44.3 Å². The van der Waals surface area contributed by atoms with Gasteiger partial charge in [-0.2, -0.15) is 0 Å². The van der Waals surface area contributed by atoms with Crippen LogP contribution in [0.3, 0.4) is 0 Å². The number of H-pyrrole nitrogens is 1. The van der Waals surface area contributed by atoms with Crippen molar-refractivity contribution in [2.75, 3.05) is 20.8 Å². The molecule has 3 aromatic rings. The zero-order valence-electron chi connectivity index (χ0n) is 16.7. The molecule has 0 unspecified atom stereocenters. The topological polar surface area (TPSA) is 111 Å². The van der Waals surface area contributed by atoms with Gasteiger partial charge in [0, 0.05) is 0 Å². The van der Waals surface area contributed by atoms with E-state index in [0.29, 0.717) is 26.2 Å². The molecule has 0 aliphatic heterocycles. The molecule has 0 aliphatic carbocycles. The molecule has 0 atom stereocenters. The number of aromatic amines is 1. The first-order valence-corrected chi connectivity index (χ1v) is 10.0. The molecule has 3 rings (SSSR count). The number of fused-ring (bicyclic) bond motifs is 1. The highest BCUT2D eigenvalue weighted by Gasteiger charge is 2.21. The summed E-state index contributed by atoms with van der Waals surface area (Å²) in [5.41, 5.74) is 0.664. The van der Waals surface area contributed by atoms with Crippen LogP contribution in [0.1, 0.15) is 33.5 Å². The second kappa shape index (κ2) is 8.76. The summed E-state index contributed by atoms with van der Waals surface area (Å²) in [6.07, 6.45) is 1.54. The van der Waals surface area contributed by atoms with Crippen LogP contribution in [0.4, 0.5) is 0 Å². The maximum Gasteiger partial charge on any atom is 0.348 e. The van der Waals surface area contributed by atoms with Crippen molar-refractivity contribution < 1.29 is 24.1 Å². The van der Waals surface area contributed by atoms with Crippen LogP contribution >= 0.6 is 22.9 Å². The fraction of sp³-hybridized carbons (Fsp3) is 0.250. The molecule has 0 radical (unpaired) electrons. The van der Waals surface area contributed by atoms with E-state index in [9.17, 15) is 14.7 Å². The normalized spacial score (nSPS) is 11.6. The number of aromatic hydroxyl groups is 1. The van der Waals surface area contributed by atoms with E-state index in [0.717, 1.165) is 11.3 Å². The number of methoxy groups -OCH3 is 2. The molecule has 0 aliphatic rings. The molecule has 10 heteroatoms. The maximum atomic E-state index is 12.6. The number of phenolic OH excluding ortho intramolecular Hbond substituents is 1. The van der Waals surface area contributed by atoms with Crippen molar-refractivity contribution in [1.82, 2.24) is 9.97 Å². The average molecular weight is 451 g/mol. The molecular formula is C20H19ClN2O6S. The Bertz CT molecular complexity index is 1190. The SMILES string of the molecule is CCOC(=O)c1sc2nc(/C(Cl)=C/c3cc(OC)c(O)c(OC)c3)[nH]c(=O)c2c1C. The van der Waals surface area contributed by atoms with Crippen molar-refractivity contribution in [1.29, 1.82) is 0 Å². The lowest BCUT2D eigenvalue weighted by atomic mass is 10.1. The number of nitrogens with zero attached hydrogens (tertiary/aromatic N) is 1. The quantitative estimate of drug-likeness (QED) is 0.547. The Labute approximate surface area is 180 Å². The second-order valence-corrected chi connectivity index (χ2v) is 7.54. The van der Waals surface area contributed by atoms with Gasteiger partial charge in [0.15, 0.2) is 17.3 Å². The summed E-state index contributed by atoms with van der Waals surface area (Å²) < 4.78 is 15.3. The molecule has 8 nitrogen and oxygen atoms in total. The fourth-order valence-electron chi connectivity index (χ4n) is 2.86. The van der Waals surface area contributed by atoms with E-state index in [-0.39, 0.29) is 34.7 Å². The molecule has 0 fully saturated rings. The Balaban J connectivity index is 2.09. The summed E-state index contributed by atoms with van der Waals surface area (Å²) in [7, 11) is 2.83. The summed E-state index contributed by atoms with van der Waals surface area (Å²) >= 11 is 7.47. The molecular weight excluding hydrogens is 432 g/mol. The van der Waals surface area contributed by atoms with Gasteiger partial charge in [-0.1, -0.05) is 11.6 Å². The number of phenols is 1. The van der Waals surface area contributed by atoms with Gasteiger partial charge in [-0.05, 0) is 43.2 Å². The molecule has 2 heterocycles. The highest BCUT2D eigenvalue weighted by Crippen LogP contribution is 2.38. The highest BCUT2D eigenvalue weighted by atomic mass is 35.5. The van der Waals surface area contributed by atoms with E-state index in [2.05, 4.69) is 9.97 Å². The first kappa shape index (κ1) is 21.7. The molecule has 0 saturated carbocycles. The number of nitrogens with one attached hydrogen (secondary N) is 1. The van der Waals surface area contributed by atoms with Gasteiger partial charge in [-0.25, -0.2) is 9.78 Å². The summed E-state index contributed by atoms with van der Waals surface area (Å²) in [6.45, 7) is 3.62. The minimum Gasteiger partial charge on any atom is -0.502 e. The molecule has 158 valence electrons. The van der Waals surface area contributed by atoms with Gasteiger partial charge < -0.3 is 24.3 Å². The average Bonchev–Trinajstić information content (AvgIpc) is 3.06. The van der Waals surface area contributed by atoms with Crippen LogP contribution in [-0.2, 0) is 4.74 Å². The van der Waals surface area contributed by atoms with Crippen molar-refractivity contribution in [2.45, 2.75) is 13.8 Å². The molecule has 30 heavy (non-hydrogen) atoms. The smallest absolute Gasteiger partial charge is 0.348 e. The molecule has 2 aromatic heterocycles. The highest BCUT2D eigenvalue weighted by molar-refractivity contribution is 7.20. The fourth-order valence-corrected chi connectivity index (χ4v) is 4.15. The Morgan fingerprint density at radius 2 is 1.93 bits per heavy atom. The van der Waals surface area contributed by atoms with Crippen LogP contribution in [0.15, 0.2) is 16.9 Å². The molecule has 2 N–H and O–H groups in total. The third kappa shape index (κ3) is 3.99. The zero-order valence-corrected chi connectivity index (χ0v) is 18.2. The van der Waals surface area contributed by atoms with E-state index in [1.54, 1.807) is 32.1 Å². The van der Waals surface area contributed by atoms with Crippen molar-refractivity contribution in [3.8, 4) is 17.2 Å². The number of aromatic nitrogens is 2. The lowest BCUT2D eigenvalue weighted by Crippen LogP contribution is -2.11. The van der Waals surface area contributed by atoms with E-state index >= 15 is 0 Å². The first-order valence-electron chi connectivity index (χ1n) is 8.83. The lowest BCUT2D eigenvalue weighted by Gasteiger charge is -2.09. The Morgan fingerprint density at radius 3 is 2.50 bits per heavy atom. The molecule has 0 spiro atoms. The standard InChI is InChI=1S/C20H19ClN2O6S/c1-5-29-20(26)16-9(2)14-18(25)22-17(23-19(14)30-16)11(21)6-10-7-12(27-3)15(24)13(8-10)28-4/h6-8,24H,5H2,1-4H3,(H,22,23,25)/b11-6-. The van der Waals surface area contributed by atoms with Gasteiger partial charge in [0.2, 0.25) is 5.75 Å². The second-order valence-electron chi connectivity index (χ2n) is 6.14. The van der Waals surface area contributed by atoms with Gasteiger partial charge >= 0.3 is 5.97 Å². The van der Waals surface area contributed by atoms with E-state index in [1.165, 1.54) is 14.2 Å².